The van der Waals surface area contributed by atoms with Crippen molar-refractivity contribution in [1.82, 2.24) is 14.9 Å². The van der Waals surface area contributed by atoms with Crippen LogP contribution >= 0.6 is 15.9 Å². The first-order valence-corrected chi connectivity index (χ1v) is 6.88. The molecule has 5 nitrogen and oxygen atoms in total. The smallest absolute Gasteiger partial charge is 0.227 e. The van der Waals surface area contributed by atoms with Crippen LogP contribution in [0.4, 0.5) is 10.3 Å². The molecule has 0 saturated carbocycles. The average Bonchev–Trinajstić information content (AvgIpc) is 2.65. The second kappa shape index (κ2) is 5.05. The monoisotopic (exact) mass is 342 g/mol. The summed E-state index contributed by atoms with van der Waals surface area (Å²) in [4.78, 5) is 16.1. The average molecular weight is 343 g/mol. The molecule has 0 spiro atoms. The highest BCUT2D eigenvalue weighted by molar-refractivity contribution is 9.10. The lowest BCUT2D eigenvalue weighted by atomic mass is 9.92. The molecule has 0 radical (unpaired) electrons. The first-order chi connectivity index (χ1) is 9.26. The van der Waals surface area contributed by atoms with Crippen LogP contribution in [0.3, 0.4) is 0 Å². The van der Waals surface area contributed by atoms with Crippen molar-refractivity contribution in [3.8, 4) is 0 Å². The van der Waals surface area contributed by atoms with Crippen molar-refractivity contribution in [1.29, 1.82) is 0 Å². The second-order valence-electron chi connectivity index (χ2n) is 5.27. The summed E-state index contributed by atoms with van der Waals surface area (Å²) in [6.07, 6.45) is 0. The molecule has 2 rings (SSSR count). The van der Waals surface area contributed by atoms with Gasteiger partial charge in [0, 0.05) is 19.7 Å². The second-order valence-corrected chi connectivity index (χ2v) is 6.13. The molecule has 0 unspecified atom stereocenters. The van der Waals surface area contributed by atoms with Crippen molar-refractivity contribution in [3.05, 3.63) is 22.4 Å². The van der Waals surface area contributed by atoms with Gasteiger partial charge in [0.1, 0.15) is 5.82 Å². The molecule has 0 atom stereocenters. The first kappa shape index (κ1) is 14.8. The first-order valence-electron chi connectivity index (χ1n) is 6.09. The Balaban J connectivity index is 2.52. The molecule has 3 N–H and O–H groups in total. The van der Waals surface area contributed by atoms with E-state index in [0.29, 0.717) is 22.1 Å². The normalized spacial score (nSPS) is 11.8. The SMILES string of the molecule is CNC(=O)C(C)(C)Cn1c(N)nc2cc(Br)c(F)cc21. The van der Waals surface area contributed by atoms with E-state index < -0.39 is 11.2 Å². The van der Waals surface area contributed by atoms with Crippen LogP contribution in [-0.2, 0) is 11.3 Å². The van der Waals surface area contributed by atoms with Crippen LogP contribution in [0.5, 0.6) is 0 Å². The molecule has 108 valence electrons. The van der Waals surface area contributed by atoms with Crippen molar-refractivity contribution >= 4 is 38.8 Å². The molecule has 1 aromatic carbocycles. The third kappa shape index (κ3) is 2.49. The summed E-state index contributed by atoms with van der Waals surface area (Å²) in [6.45, 7) is 3.91. The largest absolute Gasteiger partial charge is 0.369 e. The van der Waals surface area contributed by atoms with Crippen molar-refractivity contribution in [3.63, 3.8) is 0 Å². The number of imidazole rings is 1. The molecule has 0 aliphatic heterocycles. The number of anilines is 1. The van der Waals surface area contributed by atoms with E-state index in [1.807, 2.05) is 0 Å². The highest BCUT2D eigenvalue weighted by Crippen LogP contribution is 2.28. The zero-order valence-electron chi connectivity index (χ0n) is 11.5. The van der Waals surface area contributed by atoms with Gasteiger partial charge in [0.15, 0.2) is 0 Å². The number of fused-ring (bicyclic) bond motifs is 1. The molecule has 20 heavy (non-hydrogen) atoms. The lowest BCUT2D eigenvalue weighted by Crippen LogP contribution is -2.37. The van der Waals surface area contributed by atoms with Crippen LogP contribution in [0, 0.1) is 11.2 Å². The molecule has 1 aromatic heterocycles. The van der Waals surface area contributed by atoms with Gasteiger partial charge in [-0.05, 0) is 35.8 Å². The highest BCUT2D eigenvalue weighted by atomic mass is 79.9. The van der Waals surface area contributed by atoms with Gasteiger partial charge in [-0.1, -0.05) is 0 Å². The summed E-state index contributed by atoms with van der Waals surface area (Å²) in [6, 6.07) is 2.94. The van der Waals surface area contributed by atoms with Gasteiger partial charge < -0.3 is 15.6 Å². The number of nitrogens with zero attached hydrogens (tertiary/aromatic N) is 2. The van der Waals surface area contributed by atoms with Crippen molar-refractivity contribution < 1.29 is 9.18 Å². The molecule has 0 aliphatic carbocycles. The zero-order chi connectivity index (χ0) is 15.1. The number of amides is 1. The number of carbonyl (C=O) groups is 1. The number of benzene rings is 1. The molecule has 0 saturated heterocycles. The molecular formula is C13H16BrFN4O. The predicted octanol–water partition coefficient (Wildman–Crippen LogP) is 2.29. The van der Waals surface area contributed by atoms with Crippen LogP contribution in [0.25, 0.3) is 11.0 Å². The summed E-state index contributed by atoms with van der Waals surface area (Å²) >= 11 is 3.12. The van der Waals surface area contributed by atoms with Crippen LogP contribution < -0.4 is 11.1 Å². The number of hydrogen-bond donors (Lipinski definition) is 2. The van der Waals surface area contributed by atoms with E-state index in [9.17, 15) is 9.18 Å². The molecule has 0 bridgehead atoms. The molecule has 0 fully saturated rings. The number of nitrogens with two attached hydrogens (primary N) is 1. The fourth-order valence-corrected chi connectivity index (χ4v) is 2.44. The van der Waals surface area contributed by atoms with E-state index in [0.717, 1.165) is 0 Å². The maximum absolute atomic E-state index is 13.7. The lowest BCUT2D eigenvalue weighted by Gasteiger charge is -2.23. The summed E-state index contributed by atoms with van der Waals surface area (Å²) < 4.78 is 15.7. The Bertz CT molecular complexity index is 681. The number of carbonyl (C=O) groups excluding carboxylic acids is 1. The number of nitrogens with one attached hydrogen (secondary N) is 1. The fraction of sp³-hybridized carbons (Fsp3) is 0.385. The minimum absolute atomic E-state index is 0.115. The number of hydrogen-bond acceptors (Lipinski definition) is 3. The van der Waals surface area contributed by atoms with Gasteiger partial charge in [-0.15, -0.1) is 0 Å². The Kier molecular flexibility index (Phi) is 3.73. The summed E-state index contributed by atoms with van der Waals surface area (Å²) in [5.74, 6) is -0.248. The van der Waals surface area contributed by atoms with Crippen LogP contribution in [0.15, 0.2) is 16.6 Å². The predicted molar refractivity (Wildman–Crippen MR) is 79.7 cm³/mol. The molecular weight excluding hydrogens is 327 g/mol. The van der Waals surface area contributed by atoms with Gasteiger partial charge in [0.25, 0.3) is 0 Å². The third-order valence-electron chi connectivity index (χ3n) is 3.21. The van der Waals surface area contributed by atoms with E-state index in [1.165, 1.54) is 6.07 Å². The quantitative estimate of drug-likeness (QED) is 0.898. The van der Waals surface area contributed by atoms with E-state index >= 15 is 0 Å². The van der Waals surface area contributed by atoms with E-state index in [2.05, 4.69) is 26.2 Å². The van der Waals surface area contributed by atoms with Gasteiger partial charge in [-0.25, -0.2) is 9.37 Å². The van der Waals surface area contributed by atoms with Gasteiger partial charge in [-0.3, -0.25) is 4.79 Å². The maximum atomic E-state index is 13.7. The van der Waals surface area contributed by atoms with Crippen molar-refractivity contribution in [2.75, 3.05) is 12.8 Å². The Labute approximate surface area is 124 Å². The van der Waals surface area contributed by atoms with E-state index in [-0.39, 0.29) is 11.9 Å². The number of nitrogen functional groups attached to an aromatic ring is 1. The topological polar surface area (TPSA) is 72.9 Å². The Morgan fingerprint density at radius 2 is 2.20 bits per heavy atom. The number of rotatable bonds is 3. The summed E-state index contributed by atoms with van der Waals surface area (Å²) in [7, 11) is 1.58. The highest BCUT2D eigenvalue weighted by Gasteiger charge is 2.29. The van der Waals surface area contributed by atoms with Crippen molar-refractivity contribution in [2.45, 2.75) is 20.4 Å². The Morgan fingerprint density at radius 3 is 2.80 bits per heavy atom. The zero-order valence-corrected chi connectivity index (χ0v) is 13.1. The standard InChI is InChI=1S/C13H16BrFN4O/c1-13(2,11(20)17-3)6-19-10-5-8(15)7(14)4-9(10)18-12(19)16/h4-5H,6H2,1-3H3,(H2,16,18)(H,17,20). The molecule has 2 aromatic rings. The summed E-state index contributed by atoms with van der Waals surface area (Å²) in [5, 5.41) is 2.61. The number of aromatic nitrogens is 2. The maximum Gasteiger partial charge on any atom is 0.227 e. The van der Waals surface area contributed by atoms with Gasteiger partial charge in [-0.2, -0.15) is 0 Å². The van der Waals surface area contributed by atoms with Gasteiger partial charge in [0.2, 0.25) is 11.9 Å². The van der Waals surface area contributed by atoms with Gasteiger partial charge >= 0.3 is 0 Å². The number of halogens is 2. The van der Waals surface area contributed by atoms with E-state index in [4.69, 9.17) is 5.73 Å². The Morgan fingerprint density at radius 1 is 1.55 bits per heavy atom. The van der Waals surface area contributed by atoms with Gasteiger partial charge in [0.05, 0.1) is 20.9 Å². The van der Waals surface area contributed by atoms with Crippen molar-refractivity contribution in [2.24, 2.45) is 5.41 Å². The van der Waals surface area contributed by atoms with E-state index in [1.54, 1.807) is 31.5 Å². The van der Waals surface area contributed by atoms with Crippen LogP contribution in [0.1, 0.15) is 13.8 Å². The minimum Gasteiger partial charge on any atom is -0.369 e. The lowest BCUT2D eigenvalue weighted by molar-refractivity contribution is -0.129. The van der Waals surface area contributed by atoms with Crippen LogP contribution in [-0.4, -0.2) is 22.5 Å². The molecule has 1 amide bonds. The fourth-order valence-electron chi connectivity index (χ4n) is 2.11. The third-order valence-corrected chi connectivity index (χ3v) is 3.82. The summed E-state index contributed by atoms with van der Waals surface area (Å²) in [5.41, 5.74) is 6.36. The molecule has 7 heteroatoms. The minimum atomic E-state index is -0.681. The van der Waals surface area contributed by atoms with Crippen LogP contribution in [0.2, 0.25) is 0 Å². The molecule has 1 heterocycles. The Hall–Kier alpha value is -1.63. The molecule has 0 aliphatic rings.